The molecule has 1 aliphatic heterocycles. The molecule has 0 aromatic heterocycles. The van der Waals surface area contributed by atoms with E-state index in [9.17, 15) is 0 Å². The van der Waals surface area contributed by atoms with Gasteiger partial charge in [0, 0.05) is 6.04 Å². The van der Waals surface area contributed by atoms with E-state index >= 15 is 0 Å². The van der Waals surface area contributed by atoms with E-state index in [2.05, 4.69) is 12.2 Å². The molecule has 1 saturated heterocycles. The first-order valence-corrected chi connectivity index (χ1v) is 5.59. The Morgan fingerprint density at radius 2 is 1.58 bits per heavy atom. The third kappa shape index (κ3) is 2.78. The van der Waals surface area contributed by atoms with Gasteiger partial charge in [0.05, 0.1) is 0 Å². The first kappa shape index (κ1) is 12.0. The van der Waals surface area contributed by atoms with Crippen molar-refractivity contribution in [2.75, 3.05) is 6.54 Å². The molecule has 0 amide bonds. The van der Waals surface area contributed by atoms with E-state index in [0.29, 0.717) is 0 Å². The van der Waals surface area contributed by atoms with Crippen LogP contribution in [0.15, 0.2) is 0 Å². The molecule has 0 aromatic carbocycles. The molecule has 74 valence electrons. The van der Waals surface area contributed by atoms with Crippen molar-refractivity contribution >= 4 is 0 Å². The summed E-state index contributed by atoms with van der Waals surface area (Å²) in [4.78, 5) is 0. The van der Waals surface area contributed by atoms with E-state index in [0.717, 1.165) is 17.9 Å². The van der Waals surface area contributed by atoms with E-state index in [1.807, 2.05) is 27.7 Å². The molecular weight excluding hydrogens is 146 g/mol. The number of hydrogen-bond donors (Lipinski definition) is 1. The average Bonchev–Trinajstić information content (AvgIpc) is 2.72. The first-order chi connectivity index (χ1) is 5.86. The molecule has 2 fully saturated rings. The van der Waals surface area contributed by atoms with Gasteiger partial charge in [0.1, 0.15) is 0 Å². The minimum absolute atomic E-state index is 0.889. The van der Waals surface area contributed by atoms with Gasteiger partial charge in [-0.05, 0) is 31.2 Å². The summed E-state index contributed by atoms with van der Waals surface area (Å²) in [7, 11) is 0. The van der Waals surface area contributed by atoms with Gasteiger partial charge in [0.2, 0.25) is 0 Å². The standard InChI is InChI=1S/C7H13N.2C2H6/c1-5-2-6-3-7(5)8-4-6;2*1-2/h5-8H,2-4H2,1H3;2*1-2H3. The smallest absolute Gasteiger partial charge is 0.00960 e. The van der Waals surface area contributed by atoms with E-state index in [1.165, 1.54) is 19.4 Å². The van der Waals surface area contributed by atoms with E-state index in [-0.39, 0.29) is 0 Å². The Labute approximate surface area is 77.9 Å². The van der Waals surface area contributed by atoms with Crippen molar-refractivity contribution in [3.63, 3.8) is 0 Å². The molecule has 1 aliphatic carbocycles. The topological polar surface area (TPSA) is 12.0 Å². The molecule has 1 heteroatoms. The van der Waals surface area contributed by atoms with Crippen LogP contribution >= 0.6 is 0 Å². The van der Waals surface area contributed by atoms with Crippen molar-refractivity contribution in [1.82, 2.24) is 5.32 Å². The minimum Gasteiger partial charge on any atom is -0.313 e. The van der Waals surface area contributed by atoms with Crippen molar-refractivity contribution in [3.8, 4) is 0 Å². The highest BCUT2D eigenvalue weighted by Crippen LogP contribution is 2.35. The van der Waals surface area contributed by atoms with Crippen LogP contribution in [-0.2, 0) is 0 Å². The molecular formula is C11H25N. The molecule has 0 spiro atoms. The molecule has 0 aromatic rings. The van der Waals surface area contributed by atoms with Crippen LogP contribution in [0.3, 0.4) is 0 Å². The Balaban J connectivity index is 0.000000269. The van der Waals surface area contributed by atoms with Gasteiger partial charge < -0.3 is 5.32 Å². The Morgan fingerprint density at radius 3 is 1.75 bits per heavy atom. The average molecular weight is 171 g/mol. The predicted molar refractivity (Wildman–Crippen MR) is 56.4 cm³/mol. The number of fused-ring (bicyclic) bond motifs is 2. The second kappa shape index (κ2) is 6.47. The van der Waals surface area contributed by atoms with Crippen LogP contribution in [0.1, 0.15) is 47.5 Å². The summed E-state index contributed by atoms with van der Waals surface area (Å²) in [5.74, 6) is 2.00. The molecule has 1 N–H and O–H groups in total. The van der Waals surface area contributed by atoms with Crippen LogP contribution in [0, 0.1) is 11.8 Å². The molecule has 0 radical (unpaired) electrons. The predicted octanol–water partition coefficient (Wildman–Crippen LogP) is 3.06. The zero-order chi connectivity index (χ0) is 9.56. The maximum atomic E-state index is 3.51. The number of piperidine rings is 1. The fraction of sp³-hybridized carbons (Fsp3) is 1.00. The van der Waals surface area contributed by atoms with Gasteiger partial charge >= 0.3 is 0 Å². The van der Waals surface area contributed by atoms with Gasteiger partial charge in [-0.25, -0.2) is 0 Å². The lowest BCUT2D eigenvalue weighted by molar-refractivity contribution is 0.392. The normalized spacial score (nSPS) is 36.2. The van der Waals surface area contributed by atoms with Crippen molar-refractivity contribution in [2.45, 2.75) is 53.5 Å². The lowest BCUT2D eigenvalue weighted by atomic mass is 10.0. The van der Waals surface area contributed by atoms with Crippen molar-refractivity contribution in [3.05, 3.63) is 0 Å². The molecule has 2 bridgehead atoms. The van der Waals surface area contributed by atoms with Gasteiger partial charge in [-0.3, -0.25) is 0 Å². The monoisotopic (exact) mass is 171 g/mol. The Hall–Kier alpha value is -0.0400. The minimum atomic E-state index is 0.889. The van der Waals surface area contributed by atoms with Crippen molar-refractivity contribution in [1.29, 1.82) is 0 Å². The third-order valence-corrected chi connectivity index (χ3v) is 2.65. The number of hydrogen-bond acceptors (Lipinski definition) is 1. The van der Waals surface area contributed by atoms with Crippen LogP contribution in [0.5, 0.6) is 0 Å². The molecule has 3 unspecified atom stereocenters. The van der Waals surface area contributed by atoms with E-state index in [1.54, 1.807) is 0 Å². The number of rotatable bonds is 0. The van der Waals surface area contributed by atoms with Gasteiger partial charge in [0.25, 0.3) is 0 Å². The Kier molecular flexibility index (Phi) is 6.45. The SMILES string of the molecule is CC.CC.CC1CC2CNC1C2. The van der Waals surface area contributed by atoms with Crippen LogP contribution in [0.4, 0.5) is 0 Å². The van der Waals surface area contributed by atoms with Crippen molar-refractivity contribution in [2.24, 2.45) is 11.8 Å². The van der Waals surface area contributed by atoms with Gasteiger partial charge in [-0.2, -0.15) is 0 Å². The second-order valence-corrected chi connectivity index (χ2v) is 3.33. The van der Waals surface area contributed by atoms with E-state index < -0.39 is 0 Å². The first-order valence-electron chi connectivity index (χ1n) is 5.59. The largest absolute Gasteiger partial charge is 0.313 e. The highest BCUT2D eigenvalue weighted by molar-refractivity contribution is 4.93. The summed E-state index contributed by atoms with van der Waals surface area (Å²) in [6, 6.07) is 0.889. The molecule has 1 saturated carbocycles. The van der Waals surface area contributed by atoms with Crippen LogP contribution in [0.2, 0.25) is 0 Å². The van der Waals surface area contributed by atoms with Crippen molar-refractivity contribution < 1.29 is 0 Å². The zero-order valence-electron chi connectivity index (χ0n) is 9.35. The van der Waals surface area contributed by atoms with Crippen LogP contribution < -0.4 is 5.32 Å². The lowest BCUT2D eigenvalue weighted by Gasteiger charge is -2.17. The fourth-order valence-corrected chi connectivity index (χ4v) is 2.15. The van der Waals surface area contributed by atoms with E-state index in [4.69, 9.17) is 0 Å². The summed E-state index contributed by atoms with van der Waals surface area (Å²) in [6.45, 7) is 11.7. The molecule has 1 nitrogen and oxygen atoms in total. The third-order valence-electron chi connectivity index (χ3n) is 2.65. The highest BCUT2D eigenvalue weighted by atomic mass is 15.0. The summed E-state index contributed by atoms with van der Waals surface area (Å²) < 4.78 is 0. The lowest BCUT2D eigenvalue weighted by Crippen LogP contribution is -2.30. The zero-order valence-corrected chi connectivity index (χ0v) is 9.35. The summed E-state index contributed by atoms with van der Waals surface area (Å²) >= 11 is 0. The maximum Gasteiger partial charge on any atom is 0.00960 e. The Bertz CT molecular complexity index is 99.2. The molecule has 3 atom stereocenters. The second-order valence-electron chi connectivity index (χ2n) is 3.33. The quantitative estimate of drug-likeness (QED) is 0.590. The maximum absolute atomic E-state index is 3.51. The summed E-state index contributed by atoms with van der Waals surface area (Å²) in [6.07, 6.45) is 2.94. The number of nitrogens with one attached hydrogen (secondary N) is 1. The van der Waals surface area contributed by atoms with Crippen LogP contribution in [-0.4, -0.2) is 12.6 Å². The molecule has 2 aliphatic rings. The van der Waals surface area contributed by atoms with Gasteiger partial charge in [0.15, 0.2) is 0 Å². The Morgan fingerprint density at radius 1 is 1.00 bits per heavy atom. The van der Waals surface area contributed by atoms with Gasteiger partial charge in [-0.15, -0.1) is 0 Å². The molecule has 12 heavy (non-hydrogen) atoms. The summed E-state index contributed by atoms with van der Waals surface area (Å²) in [5.41, 5.74) is 0. The summed E-state index contributed by atoms with van der Waals surface area (Å²) in [5, 5.41) is 3.51. The highest BCUT2D eigenvalue weighted by Gasteiger charge is 2.36. The van der Waals surface area contributed by atoms with Gasteiger partial charge in [-0.1, -0.05) is 34.6 Å². The molecule has 1 heterocycles. The van der Waals surface area contributed by atoms with Crippen LogP contribution in [0.25, 0.3) is 0 Å². The molecule has 2 rings (SSSR count). The fourth-order valence-electron chi connectivity index (χ4n) is 2.15.